The van der Waals surface area contributed by atoms with Crippen LogP contribution in [0.2, 0.25) is 5.02 Å². The number of carbonyl (C=O) groups is 1. The molecule has 4 N–H and O–H groups in total. The van der Waals surface area contributed by atoms with Gasteiger partial charge in [-0.25, -0.2) is 17.9 Å². The highest BCUT2D eigenvalue weighted by Gasteiger charge is 2.32. The van der Waals surface area contributed by atoms with Crippen molar-refractivity contribution in [2.24, 2.45) is 0 Å². The van der Waals surface area contributed by atoms with Crippen LogP contribution < -0.4 is 20.1 Å². The van der Waals surface area contributed by atoms with Crippen LogP contribution in [0.4, 0.5) is 10.5 Å². The summed E-state index contributed by atoms with van der Waals surface area (Å²) in [4.78, 5) is 12.4. The van der Waals surface area contributed by atoms with Crippen molar-refractivity contribution < 1.29 is 27.8 Å². The fourth-order valence-corrected chi connectivity index (χ4v) is 4.94. The normalized spacial score (nSPS) is 20.8. The predicted octanol–water partition coefficient (Wildman–Crippen LogP) is 2.75. The van der Waals surface area contributed by atoms with E-state index in [-0.39, 0.29) is 30.2 Å². The summed E-state index contributed by atoms with van der Waals surface area (Å²) in [6.07, 6.45) is 0.804. The number of ether oxygens (including phenoxy) is 2. The first-order valence-electron chi connectivity index (χ1n) is 10.5. The number of rotatable bonds is 9. The van der Waals surface area contributed by atoms with Gasteiger partial charge in [-0.3, -0.25) is 0 Å². The molecule has 180 valence electrons. The van der Waals surface area contributed by atoms with E-state index in [1.165, 1.54) is 12.1 Å². The number of carbonyl (C=O) groups excluding carboxylic acids is 1. The van der Waals surface area contributed by atoms with E-state index in [2.05, 4.69) is 15.4 Å². The molecule has 3 atom stereocenters. The lowest BCUT2D eigenvalue weighted by molar-refractivity contribution is -0.0884. The molecule has 2 aromatic carbocycles. The van der Waals surface area contributed by atoms with E-state index in [9.17, 15) is 18.3 Å². The Bertz CT molecular complexity index is 1030. The number of methoxy groups -OCH3 is 1. The molecule has 1 fully saturated rings. The van der Waals surface area contributed by atoms with Gasteiger partial charge in [-0.05, 0) is 61.7 Å². The maximum absolute atomic E-state index is 12.4. The summed E-state index contributed by atoms with van der Waals surface area (Å²) in [5, 5.41) is 15.6. The molecule has 0 unspecified atom stereocenters. The lowest BCUT2D eigenvalue weighted by atomic mass is 9.97. The molecule has 11 heteroatoms. The third-order valence-corrected chi connectivity index (χ3v) is 7.02. The third-order valence-electron chi connectivity index (χ3n) is 5.32. The van der Waals surface area contributed by atoms with Crippen LogP contribution in [0.25, 0.3) is 0 Å². The van der Waals surface area contributed by atoms with Gasteiger partial charge in [0, 0.05) is 17.3 Å². The molecule has 0 spiro atoms. The van der Waals surface area contributed by atoms with Gasteiger partial charge in [-0.1, -0.05) is 17.7 Å². The highest BCUT2D eigenvalue weighted by atomic mass is 35.5. The van der Waals surface area contributed by atoms with Crippen LogP contribution >= 0.6 is 11.6 Å². The molecular weight excluding hydrogens is 470 g/mol. The molecule has 3 rings (SSSR count). The van der Waals surface area contributed by atoms with E-state index in [4.69, 9.17) is 21.1 Å². The number of anilines is 1. The van der Waals surface area contributed by atoms with Gasteiger partial charge in [0.05, 0.1) is 30.8 Å². The standard InChI is InChI=1S/C22H28ClN3O6S/c1-31-17-7-5-16(6-8-17)25-22(28)26-20-10-9-18(32-21(20)14-27)11-12-24-33(29,30)19-4-2-3-15(23)13-19/h2-8,13,18,20-21,24,27H,9-12,14H2,1H3,(H2,25,26,28)/t18-,20+,21-/m1/s1. The number of aliphatic hydroxyl groups excluding tert-OH is 1. The summed E-state index contributed by atoms with van der Waals surface area (Å²) in [5.74, 6) is 0.683. The molecule has 0 aliphatic carbocycles. The van der Waals surface area contributed by atoms with Crippen molar-refractivity contribution >= 4 is 33.3 Å². The molecule has 1 heterocycles. The lowest BCUT2D eigenvalue weighted by Gasteiger charge is -2.36. The van der Waals surface area contributed by atoms with Crippen molar-refractivity contribution in [2.45, 2.75) is 42.4 Å². The number of hydrogen-bond donors (Lipinski definition) is 4. The number of nitrogens with one attached hydrogen (secondary N) is 3. The molecule has 0 bridgehead atoms. The largest absolute Gasteiger partial charge is 0.497 e. The van der Waals surface area contributed by atoms with Gasteiger partial charge in [0.1, 0.15) is 11.9 Å². The second-order valence-corrected chi connectivity index (χ2v) is 9.84. The Kier molecular flexibility index (Phi) is 8.93. The van der Waals surface area contributed by atoms with Gasteiger partial charge >= 0.3 is 6.03 Å². The van der Waals surface area contributed by atoms with Gasteiger partial charge in [0.15, 0.2) is 0 Å². The molecule has 2 aromatic rings. The minimum absolute atomic E-state index is 0.0972. The van der Waals surface area contributed by atoms with E-state index in [1.807, 2.05) is 0 Å². The third kappa shape index (κ3) is 7.31. The van der Waals surface area contributed by atoms with Gasteiger partial charge in [-0.2, -0.15) is 0 Å². The molecule has 1 saturated heterocycles. The van der Waals surface area contributed by atoms with Crippen LogP contribution in [0.15, 0.2) is 53.4 Å². The Balaban J connectivity index is 1.46. The van der Waals surface area contributed by atoms with Gasteiger partial charge < -0.3 is 25.2 Å². The van der Waals surface area contributed by atoms with Crippen LogP contribution in [0.3, 0.4) is 0 Å². The minimum atomic E-state index is -3.68. The summed E-state index contributed by atoms with van der Waals surface area (Å²) in [7, 11) is -2.11. The van der Waals surface area contributed by atoms with Crippen molar-refractivity contribution in [3.8, 4) is 5.75 Å². The average Bonchev–Trinajstić information content (AvgIpc) is 2.80. The van der Waals surface area contributed by atoms with Crippen molar-refractivity contribution in [1.82, 2.24) is 10.0 Å². The van der Waals surface area contributed by atoms with Crippen LogP contribution in [0.1, 0.15) is 19.3 Å². The summed E-state index contributed by atoms with van der Waals surface area (Å²) < 4.78 is 38.3. The van der Waals surface area contributed by atoms with Crippen LogP contribution in [-0.4, -0.2) is 58.1 Å². The number of urea groups is 1. The van der Waals surface area contributed by atoms with Crippen LogP contribution in [-0.2, 0) is 14.8 Å². The molecule has 0 radical (unpaired) electrons. The second kappa shape index (κ2) is 11.7. The zero-order chi connectivity index (χ0) is 23.8. The quantitative estimate of drug-likeness (QED) is 0.422. The van der Waals surface area contributed by atoms with Crippen LogP contribution in [0, 0.1) is 0 Å². The highest BCUT2D eigenvalue weighted by molar-refractivity contribution is 7.89. The maximum atomic E-state index is 12.4. The van der Waals surface area contributed by atoms with E-state index >= 15 is 0 Å². The first kappa shape index (κ1) is 25.3. The Morgan fingerprint density at radius 3 is 2.64 bits per heavy atom. The molecule has 1 aliphatic heterocycles. The summed E-state index contributed by atoms with van der Waals surface area (Å²) in [5.41, 5.74) is 0.607. The Hall–Kier alpha value is -2.37. The smallest absolute Gasteiger partial charge is 0.319 e. The molecule has 1 aliphatic rings. The molecule has 33 heavy (non-hydrogen) atoms. The summed E-state index contributed by atoms with van der Waals surface area (Å²) in [6.45, 7) is -0.0913. The fourth-order valence-electron chi connectivity index (χ4n) is 3.59. The van der Waals surface area contributed by atoms with Gasteiger partial charge in [0.2, 0.25) is 10.0 Å². The number of aliphatic hydroxyl groups is 1. The monoisotopic (exact) mass is 497 g/mol. The van der Waals surface area contributed by atoms with Gasteiger partial charge in [-0.15, -0.1) is 0 Å². The van der Waals surface area contributed by atoms with E-state index in [1.54, 1.807) is 43.5 Å². The Morgan fingerprint density at radius 2 is 1.97 bits per heavy atom. The maximum Gasteiger partial charge on any atom is 0.319 e. The van der Waals surface area contributed by atoms with Crippen molar-refractivity contribution in [2.75, 3.05) is 25.6 Å². The SMILES string of the molecule is COc1ccc(NC(=O)N[C@H]2CC[C@H](CCNS(=O)(=O)c3cccc(Cl)c3)O[C@@H]2CO)cc1. The zero-order valence-corrected chi connectivity index (χ0v) is 19.7. The van der Waals surface area contributed by atoms with Crippen molar-refractivity contribution in [3.05, 3.63) is 53.6 Å². The van der Waals surface area contributed by atoms with Crippen LogP contribution in [0.5, 0.6) is 5.75 Å². The number of hydrogen-bond acceptors (Lipinski definition) is 6. The highest BCUT2D eigenvalue weighted by Crippen LogP contribution is 2.23. The van der Waals surface area contributed by atoms with E-state index < -0.39 is 22.2 Å². The topological polar surface area (TPSA) is 126 Å². The molecule has 0 saturated carbocycles. The van der Waals surface area contributed by atoms with E-state index in [0.717, 1.165) is 0 Å². The first-order chi connectivity index (χ1) is 15.8. The molecular formula is C22H28ClN3O6S. The van der Waals surface area contributed by atoms with E-state index in [0.29, 0.717) is 35.7 Å². The molecule has 9 nitrogen and oxygen atoms in total. The number of sulfonamides is 1. The average molecular weight is 498 g/mol. The number of benzene rings is 2. The predicted molar refractivity (Wildman–Crippen MR) is 125 cm³/mol. The Morgan fingerprint density at radius 1 is 1.21 bits per heavy atom. The summed E-state index contributed by atoms with van der Waals surface area (Å²) >= 11 is 5.87. The minimum Gasteiger partial charge on any atom is -0.497 e. The Labute approximate surface area is 198 Å². The molecule has 0 aromatic heterocycles. The lowest BCUT2D eigenvalue weighted by Crippen LogP contribution is -2.52. The fraction of sp³-hybridized carbons (Fsp3) is 0.409. The first-order valence-corrected chi connectivity index (χ1v) is 12.4. The number of amides is 2. The second-order valence-electron chi connectivity index (χ2n) is 7.63. The molecule has 2 amide bonds. The van der Waals surface area contributed by atoms with Gasteiger partial charge in [0.25, 0.3) is 0 Å². The summed E-state index contributed by atoms with van der Waals surface area (Å²) in [6, 6.07) is 12.2. The van der Waals surface area contributed by atoms with Crippen molar-refractivity contribution in [1.29, 1.82) is 0 Å². The van der Waals surface area contributed by atoms with Crippen molar-refractivity contribution in [3.63, 3.8) is 0 Å². The number of halogens is 1. The zero-order valence-electron chi connectivity index (χ0n) is 18.2.